The number of hydrogen-bond acceptors (Lipinski definition) is 4. The summed E-state index contributed by atoms with van der Waals surface area (Å²) in [5, 5.41) is 22.5. The summed E-state index contributed by atoms with van der Waals surface area (Å²) in [6.45, 7) is 0. The molecule has 0 saturated carbocycles. The van der Waals surface area contributed by atoms with Crippen LogP contribution >= 0.6 is 0 Å². The minimum Gasteiger partial charge on any atom is -0.497 e. The van der Waals surface area contributed by atoms with Crippen molar-refractivity contribution >= 4 is 0 Å². The van der Waals surface area contributed by atoms with Crippen LogP contribution in [0.5, 0.6) is 11.5 Å². The van der Waals surface area contributed by atoms with E-state index in [1.165, 1.54) is 0 Å². The highest BCUT2D eigenvalue weighted by atomic mass is 16.5. The quantitative estimate of drug-likeness (QED) is 0.342. The molecule has 2 unspecified atom stereocenters. The predicted octanol–water partition coefficient (Wildman–Crippen LogP) is 5.03. The standard InChI is InChI=1S/C33H28O4/c1-5-32(34,28-15-19-30(36-3)20-16-28)26-11-7-24(8-12-26)23-25-9-13-27(14-10-25)33(35,6-2)29-17-21-31(37-4)22-18-29/h1-2,7-22,34-35H,23H2,3-4H3. The molecule has 0 aliphatic carbocycles. The Morgan fingerprint density at radius 2 is 0.811 bits per heavy atom. The van der Waals surface area contributed by atoms with Gasteiger partial charge >= 0.3 is 0 Å². The molecule has 4 rings (SSSR count). The summed E-state index contributed by atoms with van der Waals surface area (Å²) in [5.41, 5.74) is 1.41. The van der Waals surface area contributed by atoms with Crippen LogP contribution in [-0.2, 0) is 17.6 Å². The monoisotopic (exact) mass is 488 g/mol. The zero-order chi connectivity index (χ0) is 26.5. The van der Waals surface area contributed by atoms with Crippen molar-refractivity contribution in [2.24, 2.45) is 0 Å². The molecular weight excluding hydrogens is 460 g/mol. The van der Waals surface area contributed by atoms with E-state index in [9.17, 15) is 10.2 Å². The maximum atomic E-state index is 11.2. The minimum absolute atomic E-state index is 0.594. The van der Waals surface area contributed by atoms with E-state index >= 15 is 0 Å². The Bertz CT molecular complexity index is 1310. The SMILES string of the molecule is C#CC(O)(c1ccc(Cc2ccc(C(O)(C#C)c3ccc(OC)cc3)cc2)cc1)c1ccc(OC)cc1. The number of ether oxygens (including phenoxy) is 2. The van der Waals surface area contributed by atoms with E-state index in [0.29, 0.717) is 40.2 Å². The zero-order valence-corrected chi connectivity index (χ0v) is 20.8. The first-order valence-electron chi connectivity index (χ1n) is 11.7. The first-order chi connectivity index (χ1) is 17.9. The summed E-state index contributed by atoms with van der Waals surface area (Å²) < 4.78 is 10.4. The Hall–Kier alpha value is -4.48. The Morgan fingerprint density at radius 1 is 0.541 bits per heavy atom. The first-order valence-corrected chi connectivity index (χ1v) is 11.7. The van der Waals surface area contributed by atoms with Gasteiger partial charge in [-0.15, -0.1) is 12.8 Å². The van der Waals surface area contributed by atoms with Gasteiger partial charge in [-0.05, 0) is 41.8 Å². The Kier molecular flexibility index (Phi) is 7.37. The highest BCUT2D eigenvalue weighted by Crippen LogP contribution is 2.32. The van der Waals surface area contributed by atoms with Crippen LogP contribution in [0, 0.1) is 24.7 Å². The Labute approximate surface area is 218 Å². The van der Waals surface area contributed by atoms with Gasteiger partial charge in [-0.3, -0.25) is 0 Å². The molecule has 2 N–H and O–H groups in total. The number of aliphatic hydroxyl groups is 2. The molecule has 37 heavy (non-hydrogen) atoms. The van der Waals surface area contributed by atoms with Gasteiger partial charge in [0, 0.05) is 22.3 Å². The number of hydrogen-bond donors (Lipinski definition) is 2. The summed E-state index contributed by atoms with van der Waals surface area (Å²) in [7, 11) is 3.18. The summed E-state index contributed by atoms with van der Waals surface area (Å²) in [4.78, 5) is 0. The highest BCUT2D eigenvalue weighted by molar-refractivity contribution is 5.48. The number of methoxy groups -OCH3 is 2. The van der Waals surface area contributed by atoms with Crippen LogP contribution in [0.25, 0.3) is 0 Å². The van der Waals surface area contributed by atoms with Gasteiger partial charge in [0.2, 0.25) is 0 Å². The topological polar surface area (TPSA) is 58.9 Å². The third-order valence-electron chi connectivity index (χ3n) is 6.59. The number of benzene rings is 4. The van der Waals surface area contributed by atoms with Gasteiger partial charge < -0.3 is 19.7 Å². The molecule has 0 heterocycles. The molecule has 184 valence electrons. The Morgan fingerprint density at radius 3 is 1.05 bits per heavy atom. The van der Waals surface area contributed by atoms with Crippen molar-refractivity contribution in [1.29, 1.82) is 0 Å². The molecular formula is C33H28O4. The predicted molar refractivity (Wildman–Crippen MR) is 145 cm³/mol. The second-order valence-electron chi connectivity index (χ2n) is 8.74. The lowest BCUT2D eigenvalue weighted by Gasteiger charge is -2.24. The molecule has 4 nitrogen and oxygen atoms in total. The lowest BCUT2D eigenvalue weighted by molar-refractivity contribution is 0.145. The molecule has 0 aliphatic rings. The number of rotatable bonds is 8. The molecule has 0 amide bonds. The van der Waals surface area contributed by atoms with Gasteiger partial charge in [0.25, 0.3) is 0 Å². The van der Waals surface area contributed by atoms with Crippen molar-refractivity contribution < 1.29 is 19.7 Å². The second-order valence-corrected chi connectivity index (χ2v) is 8.74. The second kappa shape index (κ2) is 10.6. The van der Waals surface area contributed by atoms with E-state index in [-0.39, 0.29) is 0 Å². The molecule has 0 aromatic heterocycles. The average molecular weight is 489 g/mol. The molecule has 0 spiro atoms. The van der Waals surface area contributed by atoms with Gasteiger partial charge in [0.15, 0.2) is 11.2 Å². The fraction of sp³-hybridized carbons (Fsp3) is 0.152. The van der Waals surface area contributed by atoms with E-state index in [1.807, 2.05) is 48.5 Å². The summed E-state index contributed by atoms with van der Waals surface area (Å²) in [6, 6.07) is 29.3. The van der Waals surface area contributed by atoms with Crippen LogP contribution in [0.2, 0.25) is 0 Å². The van der Waals surface area contributed by atoms with Gasteiger partial charge in [0.1, 0.15) is 11.5 Å². The third kappa shape index (κ3) is 5.08. The highest BCUT2D eigenvalue weighted by Gasteiger charge is 2.30. The van der Waals surface area contributed by atoms with Gasteiger partial charge in [-0.1, -0.05) is 84.6 Å². The maximum absolute atomic E-state index is 11.2. The van der Waals surface area contributed by atoms with Crippen LogP contribution in [0.1, 0.15) is 33.4 Å². The average Bonchev–Trinajstić information content (AvgIpc) is 2.97. The third-order valence-corrected chi connectivity index (χ3v) is 6.59. The van der Waals surface area contributed by atoms with Crippen LogP contribution < -0.4 is 9.47 Å². The van der Waals surface area contributed by atoms with Crippen molar-refractivity contribution in [2.45, 2.75) is 17.6 Å². The normalized spacial score (nSPS) is 13.9. The van der Waals surface area contributed by atoms with Gasteiger partial charge in [0.05, 0.1) is 14.2 Å². The first kappa shape index (κ1) is 25.6. The van der Waals surface area contributed by atoms with E-state index in [1.54, 1.807) is 62.8 Å². The molecule has 0 fully saturated rings. The van der Waals surface area contributed by atoms with Crippen LogP contribution in [0.4, 0.5) is 0 Å². The van der Waals surface area contributed by atoms with Gasteiger partial charge in [-0.2, -0.15) is 0 Å². The Balaban J connectivity index is 1.52. The zero-order valence-electron chi connectivity index (χ0n) is 20.8. The number of terminal acetylenes is 2. The molecule has 0 aliphatic heterocycles. The molecule has 2 atom stereocenters. The largest absolute Gasteiger partial charge is 0.497 e. The van der Waals surface area contributed by atoms with E-state index < -0.39 is 11.2 Å². The van der Waals surface area contributed by atoms with Crippen molar-refractivity contribution in [3.8, 4) is 36.2 Å². The summed E-state index contributed by atoms with van der Waals surface area (Å²) in [6.07, 6.45) is 12.2. The molecule has 4 heteroatoms. The van der Waals surface area contributed by atoms with Crippen molar-refractivity contribution in [3.05, 3.63) is 130 Å². The molecule has 0 bridgehead atoms. The van der Waals surface area contributed by atoms with E-state index in [4.69, 9.17) is 22.3 Å². The van der Waals surface area contributed by atoms with Crippen molar-refractivity contribution in [1.82, 2.24) is 0 Å². The van der Waals surface area contributed by atoms with Crippen LogP contribution in [-0.4, -0.2) is 24.4 Å². The van der Waals surface area contributed by atoms with E-state index in [0.717, 1.165) is 11.1 Å². The molecule has 0 radical (unpaired) electrons. The fourth-order valence-corrected chi connectivity index (χ4v) is 4.29. The minimum atomic E-state index is -1.55. The van der Waals surface area contributed by atoms with Crippen molar-refractivity contribution in [3.63, 3.8) is 0 Å². The smallest absolute Gasteiger partial charge is 0.176 e. The van der Waals surface area contributed by atoms with Crippen molar-refractivity contribution in [2.75, 3.05) is 14.2 Å². The summed E-state index contributed by atoms with van der Waals surface area (Å²) >= 11 is 0. The van der Waals surface area contributed by atoms with Crippen LogP contribution in [0.3, 0.4) is 0 Å². The lowest BCUT2D eigenvalue weighted by Crippen LogP contribution is -2.25. The maximum Gasteiger partial charge on any atom is 0.176 e. The molecule has 4 aromatic carbocycles. The molecule has 0 saturated heterocycles. The lowest BCUT2D eigenvalue weighted by atomic mass is 9.85. The van der Waals surface area contributed by atoms with Crippen LogP contribution in [0.15, 0.2) is 97.1 Å². The fourth-order valence-electron chi connectivity index (χ4n) is 4.29. The molecule has 4 aromatic rings. The van der Waals surface area contributed by atoms with E-state index in [2.05, 4.69) is 11.8 Å². The summed E-state index contributed by atoms with van der Waals surface area (Å²) in [5.74, 6) is 6.44. The van der Waals surface area contributed by atoms with Gasteiger partial charge in [-0.25, -0.2) is 0 Å².